The number of pyridine rings is 1. The van der Waals surface area contributed by atoms with Crippen molar-refractivity contribution in [3.63, 3.8) is 0 Å². The Balaban J connectivity index is 1.31. The number of alkyl halides is 3. The quantitative estimate of drug-likeness (QED) is 0.223. The summed E-state index contributed by atoms with van der Waals surface area (Å²) < 4.78 is 53.4. The lowest BCUT2D eigenvalue weighted by molar-refractivity contribution is -0.137. The molecule has 1 atom stereocenters. The highest BCUT2D eigenvalue weighted by Gasteiger charge is 2.30. The summed E-state index contributed by atoms with van der Waals surface area (Å²) in [6.07, 6.45) is -0.912. The topological polar surface area (TPSA) is 103 Å². The van der Waals surface area contributed by atoms with Crippen LogP contribution in [-0.4, -0.2) is 51.0 Å². The van der Waals surface area contributed by atoms with Crippen molar-refractivity contribution in [3.8, 4) is 11.1 Å². The van der Waals surface area contributed by atoms with Crippen LogP contribution >= 0.6 is 0 Å². The number of rotatable bonds is 7. The van der Waals surface area contributed by atoms with E-state index in [1.54, 1.807) is 23.2 Å². The van der Waals surface area contributed by atoms with E-state index < -0.39 is 23.5 Å². The average molecular weight is 553 g/mol. The minimum Gasteiger partial charge on any atom is -0.363 e. The minimum absolute atomic E-state index is 0.0310. The lowest BCUT2D eigenvalue weighted by Gasteiger charge is -2.15. The number of fused-ring (bicyclic) bond motifs is 1. The van der Waals surface area contributed by atoms with Gasteiger partial charge in [-0.3, -0.25) is 14.7 Å². The molecule has 1 saturated heterocycles. The van der Waals surface area contributed by atoms with E-state index >= 15 is 4.39 Å². The Hall–Kier alpha value is -4.74. The van der Waals surface area contributed by atoms with Gasteiger partial charge in [0.25, 0.3) is 5.91 Å². The van der Waals surface area contributed by atoms with Gasteiger partial charge in [-0.1, -0.05) is 18.7 Å². The first-order valence-electron chi connectivity index (χ1n) is 12.4. The number of hydrogen-bond donors (Lipinski definition) is 3. The average Bonchev–Trinajstić information content (AvgIpc) is 3.59. The van der Waals surface area contributed by atoms with Crippen molar-refractivity contribution in [3.05, 3.63) is 89.9 Å². The molecule has 0 bridgehead atoms. The number of carbonyl (C=O) groups excluding carboxylic acids is 2. The minimum atomic E-state index is -4.50. The molecule has 2 aromatic carbocycles. The van der Waals surface area contributed by atoms with Gasteiger partial charge in [0, 0.05) is 43.0 Å². The number of hydrogen-bond acceptors (Lipinski definition) is 5. The molecule has 0 spiro atoms. The lowest BCUT2D eigenvalue weighted by Crippen LogP contribution is -2.30. The van der Waals surface area contributed by atoms with Crippen LogP contribution in [0.25, 0.3) is 22.2 Å². The second-order valence-electron chi connectivity index (χ2n) is 9.34. The van der Waals surface area contributed by atoms with Crippen LogP contribution in [0.5, 0.6) is 0 Å². The van der Waals surface area contributed by atoms with Crippen molar-refractivity contribution in [2.45, 2.75) is 25.2 Å². The Labute approximate surface area is 226 Å². The molecule has 1 aliphatic rings. The number of nitrogens with one attached hydrogen (secondary N) is 3. The van der Waals surface area contributed by atoms with Crippen molar-refractivity contribution in [1.82, 2.24) is 25.4 Å². The lowest BCUT2D eigenvalue weighted by atomic mass is 10.0. The summed E-state index contributed by atoms with van der Waals surface area (Å²) in [5, 5.41) is 13.8. The standard InChI is InChI=1S/C28H24F4N6O2/c1-2-23(39)38-12-10-20(15-38)35-26-24-21(9-11-33-25(24)36-37-26)17-3-4-18(22(29)13-17)14-34-27(40)16-5-7-19(8-6-16)28(30,31)32/h2-9,11,13,20H,1,10,12,14-15H2,(H,34,40)(H2,33,35,36,37)/t20-/m1/s1. The maximum absolute atomic E-state index is 15.1. The van der Waals surface area contributed by atoms with E-state index in [2.05, 4.69) is 32.4 Å². The highest BCUT2D eigenvalue weighted by atomic mass is 19.4. The zero-order chi connectivity index (χ0) is 28.4. The van der Waals surface area contributed by atoms with Crippen molar-refractivity contribution < 1.29 is 27.2 Å². The molecule has 1 aliphatic heterocycles. The summed E-state index contributed by atoms with van der Waals surface area (Å²) in [5.41, 5.74) is 1.12. The zero-order valence-electron chi connectivity index (χ0n) is 21.1. The number of carbonyl (C=O) groups is 2. The number of amides is 2. The van der Waals surface area contributed by atoms with Gasteiger partial charge in [-0.25, -0.2) is 9.37 Å². The number of H-pyrrole nitrogens is 1. The van der Waals surface area contributed by atoms with Gasteiger partial charge in [0.1, 0.15) is 5.82 Å². The van der Waals surface area contributed by atoms with Crippen molar-refractivity contribution in [2.24, 2.45) is 0 Å². The third kappa shape index (κ3) is 5.51. The fourth-order valence-corrected chi connectivity index (χ4v) is 4.64. The van der Waals surface area contributed by atoms with E-state index in [1.807, 2.05) is 0 Å². The van der Waals surface area contributed by atoms with Gasteiger partial charge in [0.2, 0.25) is 5.91 Å². The molecule has 0 saturated carbocycles. The van der Waals surface area contributed by atoms with Gasteiger partial charge in [-0.2, -0.15) is 18.3 Å². The van der Waals surface area contributed by atoms with E-state index in [4.69, 9.17) is 0 Å². The molecule has 2 amide bonds. The van der Waals surface area contributed by atoms with Crippen molar-refractivity contribution in [1.29, 1.82) is 0 Å². The molecule has 40 heavy (non-hydrogen) atoms. The first kappa shape index (κ1) is 26.9. The third-order valence-corrected chi connectivity index (χ3v) is 6.75. The zero-order valence-corrected chi connectivity index (χ0v) is 21.1. The van der Waals surface area contributed by atoms with Gasteiger partial charge in [-0.05, 0) is 60.0 Å². The Kier molecular flexibility index (Phi) is 7.24. The van der Waals surface area contributed by atoms with Crippen molar-refractivity contribution >= 4 is 28.7 Å². The number of anilines is 1. The van der Waals surface area contributed by atoms with Crippen molar-refractivity contribution in [2.75, 3.05) is 18.4 Å². The van der Waals surface area contributed by atoms with E-state index in [-0.39, 0.29) is 29.6 Å². The number of likely N-dealkylation sites (tertiary alicyclic amines) is 1. The molecule has 0 radical (unpaired) electrons. The van der Waals surface area contributed by atoms with Crippen LogP contribution in [-0.2, 0) is 17.5 Å². The van der Waals surface area contributed by atoms with E-state index in [9.17, 15) is 22.8 Å². The summed E-state index contributed by atoms with van der Waals surface area (Å²) in [5.74, 6) is -0.793. The molecule has 3 heterocycles. The van der Waals surface area contributed by atoms with E-state index in [0.29, 0.717) is 41.1 Å². The molecule has 0 aliphatic carbocycles. The first-order valence-corrected chi connectivity index (χ1v) is 12.4. The molecule has 3 N–H and O–H groups in total. The molecule has 4 aromatic rings. The number of benzene rings is 2. The Bertz CT molecular complexity index is 1580. The summed E-state index contributed by atoms with van der Waals surface area (Å²) >= 11 is 0. The predicted molar refractivity (Wildman–Crippen MR) is 141 cm³/mol. The molecule has 8 nitrogen and oxygen atoms in total. The van der Waals surface area contributed by atoms with Crippen LogP contribution in [0.15, 0.2) is 67.4 Å². The number of nitrogens with zero attached hydrogens (tertiary/aromatic N) is 3. The van der Waals surface area contributed by atoms with Crippen LogP contribution in [0.3, 0.4) is 0 Å². The first-order chi connectivity index (χ1) is 19.1. The fraction of sp³-hybridized carbons (Fsp3) is 0.214. The fourth-order valence-electron chi connectivity index (χ4n) is 4.64. The Morgan fingerprint density at radius 3 is 2.62 bits per heavy atom. The number of aromatic amines is 1. The molecule has 0 unspecified atom stereocenters. The maximum Gasteiger partial charge on any atom is 0.416 e. The molecular formula is C28H24F4N6O2. The van der Waals surface area contributed by atoms with E-state index in [0.717, 1.165) is 30.7 Å². The van der Waals surface area contributed by atoms with Gasteiger partial charge < -0.3 is 15.5 Å². The second kappa shape index (κ2) is 10.8. The molecule has 12 heteroatoms. The van der Waals surface area contributed by atoms with E-state index in [1.165, 1.54) is 18.2 Å². The van der Waals surface area contributed by atoms with Gasteiger partial charge in [0.05, 0.1) is 10.9 Å². The Morgan fingerprint density at radius 2 is 1.93 bits per heavy atom. The summed E-state index contributed by atoms with van der Waals surface area (Å²) in [6.45, 7) is 4.46. The van der Waals surface area contributed by atoms with Crippen LogP contribution in [0, 0.1) is 5.82 Å². The highest BCUT2D eigenvalue weighted by molar-refractivity contribution is 6.00. The van der Waals surface area contributed by atoms with Gasteiger partial charge in [-0.15, -0.1) is 0 Å². The maximum atomic E-state index is 15.1. The normalized spacial score (nSPS) is 15.3. The summed E-state index contributed by atoms with van der Waals surface area (Å²) in [7, 11) is 0. The molecular weight excluding hydrogens is 528 g/mol. The number of aromatic nitrogens is 3. The van der Waals surface area contributed by atoms with Gasteiger partial charge in [0.15, 0.2) is 11.5 Å². The largest absolute Gasteiger partial charge is 0.416 e. The molecule has 1 fully saturated rings. The van der Waals surface area contributed by atoms with Crippen LogP contribution in [0.4, 0.5) is 23.4 Å². The monoisotopic (exact) mass is 552 g/mol. The third-order valence-electron chi connectivity index (χ3n) is 6.75. The van der Waals surface area contributed by atoms with Crippen LogP contribution in [0.1, 0.15) is 27.9 Å². The summed E-state index contributed by atoms with van der Waals surface area (Å²) in [6, 6.07) is 10.1. The van der Waals surface area contributed by atoms with Crippen LogP contribution < -0.4 is 10.6 Å². The molecule has 2 aromatic heterocycles. The van der Waals surface area contributed by atoms with Gasteiger partial charge >= 0.3 is 6.18 Å². The molecule has 5 rings (SSSR count). The highest BCUT2D eigenvalue weighted by Crippen LogP contribution is 2.33. The predicted octanol–water partition coefficient (Wildman–Crippen LogP) is 4.91. The SMILES string of the molecule is C=CC(=O)N1CC[C@@H](Nc2n[nH]c3nccc(-c4ccc(CNC(=O)c5ccc(C(F)(F)F)cc5)c(F)c4)c23)C1. The molecule has 206 valence electrons. The second-order valence-corrected chi connectivity index (χ2v) is 9.34. The summed E-state index contributed by atoms with van der Waals surface area (Å²) in [4.78, 5) is 30.3. The smallest absolute Gasteiger partial charge is 0.363 e. The number of halogens is 4. The Morgan fingerprint density at radius 1 is 1.15 bits per heavy atom. The van der Waals surface area contributed by atoms with Crippen LogP contribution in [0.2, 0.25) is 0 Å².